The maximum absolute atomic E-state index is 13.0. The van der Waals surface area contributed by atoms with Gasteiger partial charge in [0.2, 0.25) is 0 Å². The van der Waals surface area contributed by atoms with E-state index in [2.05, 4.69) is 17.0 Å². The summed E-state index contributed by atoms with van der Waals surface area (Å²) in [6.45, 7) is 2.09. The van der Waals surface area contributed by atoms with Crippen molar-refractivity contribution in [1.82, 2.24) is 4.90 Å². The molecule has 0 radical (unpaired) electrons. The molecule has 6 heteroatoms. The van der Waals surface area contributed by atoms with Crippen molar-refractivity contribution >= 4 is 21.2 Å². The predicted molar refractivity (Wildman–Crippen MR) is 97.5 cm³/mol. The third-order valence-corrected chi connectivity index (χ3v) is 8.43. The summed E-state index contributed by atoms with van der Waals surface area (Å²) in [4.78, 5) is 3.93. The highest BCUT2D eigenvalue weighted by atomic mass is 32.2. The molecule has 2 atom stereocenters. The molecule has 4 heterocycles. The van der Waals surface area contributed by atoms with Gasteiger partial charge in [-0.15, -0.1) is 11.3 Å². The van der Waals surface area contributed by atoms with E-state index in [-0.39, 0.29) is 11.2 Å². The first-order valence-corrected chi connectivity index (χ1v) is 10.7. The molecule has 3 aromatic rings. The monoisotopic (exact) mass is 371 g/mol. The van der Waals surface area contributed by atoms with Crippen LogP contribution >= 0.6 is 11.3 Å². The Hall–Kier alpha value is -1.89. The summed E-state index contributed by atoms with van der Waals surface area (Å²) in [5.74, 6) is 0.0619. The lowest BCUT2D eigenvalue weighted by Crippen LogP contribution is -2.25. The van der Waals surface area contributed by atoms with Gasteiger partial charge in [-0.2, -0.15) is 0 Å². The number of rotatable bonds is 3. The van der Waals surface area contributed by atoms with Crippen molar-refractivity contribution < 1.29 is 12.8 Å². The molecule has 5 rings (SSSR count). The predicted octanol–water partition coefficient (Wildman–Crippen LogP) is 3.76. The van der Waals surface area contributed by atoms with Crippen LogP contribution in [0.15, 0.2) is 63.6 Å². The van der Waals surface area contributed by atoms with Crippen LogP contribution in [-0.2, 0) is 16.4 Å². The second kappa shape index (κ2) is 5.56. The Morgan fingerprint density at radius 1 is 1.20 bits per heavy atom. The number of thiophene rings is 1. The molecule has 1 saturated heterocycles. The van der Waals surface area contributed by atoms with Crippen molar-refractivity contribution in [3.8, 4) is 10.4 Å². The highest BCUT2D eigenvalue weighted by Crippen LogP contribution is 2.46. The summed E-state index contributed by atoms with van der Waals surface area (Å²) < 4.78 is 31.1. The van der Waals surface area contributed by atoms with Gasteiger partial charge in [-0.05, 0) is 40.8 Å². The van der Waals surface area contributed by atoms with Gasteiger partial charge >= 0.3 is 0 Å². The molecule has 0 unspecified atom stereocenters. The molecule has 0 bridgehead atoms. The fourth-order valence-electron chi connectivity index (χ4n) is 4.09. The molecular formula is C19H17NO3S2. The second-order valence-corrected chi connectivity index (χ2v) is 9.83. The zero-order valence-electron chi connectivity index (χ0n) is 13.5. The van der Waals surface area contributed by atoms with Gasteiger partial charge in [-0.3, -0.25) is 4.90 Å². The molecule has 0 N–H and O–H groups in total. The quantitative estimate of drug-likeness (QED) is 0.703. The summed E-state index contributed by atoms with van der Waals surface area (Å²) in [7, 11) is -3.24. The van der Waals surface area contributed by atoms with E-state index in [0.717, 1.165) is 29.8 Å². The lowest BCUT2D eigenvalue weighted by molar-refractivity contribution is 0.324. The molecule has 2 aromatic heterocycles. The molecule has 0 spiro atoms. The van der Waals surface area contributed by atoms with Gasteiger partial charge in [-0.25, -0.2) is 8.42 Å². The van der Waals surface area contributed by atoms with Gasteiger partial charge in [0.25, 0.3) is 0 Å². The largest absolute Gasteiger partial charge is 0.472 e. The third-order valence-electron chi connectivity index (χ3n) is 5.25. The number of furan rings is 1. The Morgan fingerprint density at radius 3 is 2.88 bits per heavy atom. The molecule has 25 heavy (non-hydrogen) atoms. The van der Waals surface area contributed by atoms with Crippen molar-refractivity contribution in [3.63, 3.8) is 0 Å². The number of nitrogens with zero attached hydrogens (tertiary/aromatic N) is 1. The van der Waals surface area contributed by atoms with Crippen LogP contribution in [0.5, 0.6) is 0 Å². The average molecular weight is 371 g/mol. The highest BCUT2D eigenvalue weighted by molar-refractivity contribution is 7.92. The Morgan fingerprint density at radius 2 is 2.12 bits per heavy atom. The molecule has 0 amide bonds. The number of hydrogen-bond donors (Lipinski definition) is 0. The maximum Gasteiger partial charge on any atom is 0.183 e. The molecule has 2 aliphatic rings. The minimum atomic E-state index is -3.24. The molecule has 1 fully saturated rings. The van der Waals surface area contributed by atoms with E-state index < -0.39 is 9.84 Å². The number of benzene rings is 1. The minimum Gasteiger partial charge on any atom is -0.472 e. The van der Waals surface area contributed by atoms with Gasteiger partial charge in [0, 0.05) is 36.0 Å². The van der Waals surface area contributed by atoms with Crippen molar-refractivity contribution in [3.05, 3.63) is 65.4 Å². The van der Waals surface area contributed by atoms with Crippen LogP contribution < -0.4 is 0 Å². The lowest BCUT2D eigenvalue weighted by atomic mass is 9.96. The van der Waals surface area contributed by atoms with E-state index in [0.29, 0.717) is 11.4 Å². The standard InChI is InChI=1S/C19H17NO3S2/c21-25(22)18-4-3-14(17-2-1-7-24-17)8-15(18)16-10-20(11-19(16)25)9-13-5-6-23-12-13/h1-8,12,16,19H,9-11H2/t16-,19+/m0/s1. The third kappa shape index (κ3) is 2.39. The van der Waals surface area contributed by atoms with E-state index in [1.165, 1.54) is 4.88 Å². The number of hydrogen-bond acceptors (Lipinski definition) is 5. The van der Waals surface area contributed by atoms with Crippen LogP contribution in [0.1, 0.15) is 17.0 Å². The molecule has 1 aromatic carbocycles. The fraction of sp³-hybridized carbons (Fsp3) is 0.263. The Kier molecular flexibility index (Phi) is 3.42. The van der Waals surface area contributed by atoms with Crippen LogP contribution in [-0.4, -0.2) is 31.7 Å². The molecule has 4 nitrogen and oxygen atoms in total. The van der Waals surface area contributed by atoms with Crippen LogP contribution in [0, 0.1) is 0 Å². The fourth-order valence-corrected chi connectivity index (χ4v) is 7.01. The van der Waals surface area contributed by atoms with E-state index in [1.54, 1.807) is 29.9 Å². The smallest absolute Gasteiger partial charge is 0.183 e. The zero-order chi connectivity index (χ0) is 17.0. The van der Waals surface area contributed by atoms with Crippen LogP contribution in [0.2, 0.25) is 0 Å². The van der Waals surface area contributed by atoms with Crippen molar-refractivity contribution in [1.29, 1.82) is 0 Å². The first-order chi connectivity index (χ1) is 12.1. The van der Waals surface area contributed by atoms with Gasteiger partial charge < -0.3 is 4.42 Å². The van der Waals surface area contributed by atoms with Crippen LogP contribution in [0.25, 0.3) is 10.4 Å². The van der Waals surface area contributed by atoms with E-state index in [4.69, 9.17) is 4.42 Å². The van der Waals surface area contributed by atoms with Gasteiger partial charge in [0.1, 0.15) is 0 Å². The summed E-state index contributed by atoms with van der Waals surface area (Å²) in [5, 5.41) is 1.72. The highest BCUT2D eigenvalue weighted by Gasteiger charge is 2.50. The number of sulfone groups is 1. The first-order valence-electron chi connectivity index (χ1n) is 8.28. The summed E-state index contributed by atoms with van der Waals surface area (Å²) in [5.41, 5.74) is 3.19. The van der Waals surface area contributed by atoms with Crippen molar-refractivity contribution in [2.45, 2.75) is 22.6 Å². The normalized spacial score (nSPS) is 24.3. The molecule has 2 aliphatic heterocycles. The van der Waals surface area contributed by atoms with Gasteiger partial charge in [0.05, 0.1) is 22.7 Å². The van der Waals surface area contributed by atoms with E-state index in [1.807, 2.05) is 23.6 Å². The zero-order valence-corrected chi connectivity index (χ0v) is 15.1. The number of likely N-dealkylation sites (tertiary alicyclic amines) is 1. The maximum atomic E-state index is 13.0. The van der Waals surface area contributed by atoms with Gasteiger partial charge in [0.15, 0.2) is 9.84 Å². The van der Waals surface area contributed by atoms with Gasteiger partial charge in [-0.1, -0.05) is 12.1 Å². The molecule has 0 saturated carbocycles. The van der Waals surface area contributed by atoms with Crippen molar-refractivity contribution in [2.75, 3.05) is 13.1 Å². The van der Waals surface area contributed by atoms with E-state index >= 15 is 0 Å². The Bertz CT molecular complexity index is 1010. The molecule has 0 aliphatic carbocycles. The summed E-state index contributed by atoms with van der Waals surface area (Å²) in [6.07, 6.45) is 3.39. The minimum absolute atomic E-state index is 0.0619. The SMILES string of the molecule is O=S1(=O)c2ccc(-c3cccs3)cc2[C@@H]2CN(Cc3ccoc3)C[C@H]21. The average Bonchev–Trinajstić information content (AvgIpc) is 3.37. The first kappa shape index (κ1) is 15.4. The Labute approximate surface area is 150 Å². The summed E-state index contributed by atoms with van der Waals surface area (Å²) in [6, 6.07) is 11.9. The van der Waals surface area contributed by atoms with Crippen LogP contribution in [0.4, 0.5) is 0 Å². The second-order valence-electron chi connectivity index (χ2n) is 6.75. The molecular weight excluding hydrogens is 354 g/mol. The van der Waals surface area contributed by atoms with Crippen LogP contribution in [0.3, 0.4) is 0 Å². The van der Waals surface area contributed by atoms with E-state index in [9.17, 15) is 8.42 Å². The Balaban J connectivity index is 1.51. The lowest BCUT2D eigenvalue weighted by Gasteiger charge is -2.16. The summed E-state index contributed by atoms with van der Waals surface area (Å²) >= 11 is 1.68. The number of fused-ring (bicyclic) bond motifs is 3. The molecule has 128 valence electrons. The van der Waals surface area contributed by atoms with Crippen molar-refractivity contribution in [2.24, 2.45) is 0 Å². The topological polar surface area (TPSA) is 50.5 Å².